The molecule has 0 aromatic carbocycles. The maximum atomic E-state index is 12.4. The fourth-order valence-corrected chi connectivity index (χ4v) is 2.88. The molecule has 23 heavy (non-hydrogen) atoms. The summed E-state index contributed by atoms with van der Waals surface area (Å²) in [6.07, 6.45) is 5.67. The van der Waals surface area contributed by atoms with Gasteiger partial charge in [0.2, 0.25) is 0 Å². The number of carbonyl (C=O) groups is 2. The van der Waals surface area contributed by atoms with E-state index in [-0.39, 0.29) is 17.9 Å². The molecule has 1 aromatic rings. The number of nitrogens with one attached hydrogen (secondary N) is 2. The molecule has 3 rings (SSSR count). The summed E-state index contributed by atoms with van der Waals surface area (Å²) in [5, 5.41) is 5.82. The first-order valence-corrected chi connectivity index (χ1v) is 8.38. The third kappa shape index (κ3) is 3.72. The zero-order chi connectivity index (χ0) is 16.2. The Morgan fingerprint density at radius 2 is 2.13 bits per heavy atom. The predicted octanol–water partition coefficient (Wildman–Crippen LogP) is 0.878. The molecule has 7 heteroatoms. The van der Waals surface area contributed by atoms with Gasteiger partial charge >= 0.3 is 0 Å². The number of carbonyl (C=O) groups excluding carboxylic acids is 2. The Bertz CT molecular complexity index is 592. The Labute approximate surface area is 135 Å². The molecular weight excluding hydrogens is 296 g/mol. The molecule has 0 bridgehead atoms. The van der Waals surface area contributed by atoms with Crippen molar-refractivity contribution in [1.82, 2.24) is 20.2 Å². The molecule has 0 unspecified atom stereocenters. The van der Waals surface area contributed by atoms with Gasteiger partial charge < -0.3 is 19.9 Å². The average molecular weight is 320 g/mol. The van der Waals surface area contributed by atoms with E-state index in [2.05, 4.69) is 15.6 Å². The molecule has 1 fully saturated rings. The van der Waals surface area contributed by atoms with Gasteiger partial charge in [0.25, 0.3) is 11.8 Å². The molecule has 1 aliphatic carbocycles. The highest BCUT2D eigenvalue weighted by molar-refractivity contribution is 5.97. The van der Waals surface area contributed by atoms with E-state index in [1.807, 2.05) is 4.57 Å². The van der Waals surface area contributed by atoms with Gasteiger partial charge in [-0.3, -0.25) is 9.59 Å². The van der Waals surface area contributed by atoms with Crippen LogP contribution in [0.15, 0.2) is 0 Å². The molecule has 7 nitrogen and oxygen atoms in total. The van der Waals surface area contributed by atoms with Gasteiger partial charge in [0.05, 0.1) is 5.69 Å². The normalized spacial score (nSPS) is 16.7. The van der Waals surface area contributed by atoms with Crippen molar-refractivity contribution in [2.24, 2.45) is 0 Å². The Morgan fingerprint density at radius 1 is 1.30 bits per heavy atom. The number of hydrogen-bond donors (Lipinski definition) is 2. The second kappa shape index (κ2) is 7.12. The zero-order valence-electron chi connectivity index (χ0n) is 13.6. The lowest BCUT2D eigenvalue weighted by molar-refractivity contribution is 0.0932. The maximum Gasteiger partial charge on any atom is 0.287 e. The summed E-state index contributed by atoms with van der Waals surface area (Å²) in [6, 6.07) is 0.287. The molecule has 1 saturated carbocycles. The predicted molar refractivity (Wildman–Crippen MR) is 84.5 cm³/mol. The van der Waals surface area contributed by atoms with Gasteiger partial charge in [-0.2, -0.15) is 0 Å². The Morgan fingerprint density at radius 3 is 2.87 bits per heavy atom. The largest absolute Gasteiger partial charge is 0.385 e. The Kier molecular flexibility index (Phi) is 4.95. The molecular formula is C16H24N4O3. The summed E-state index contributed by atoms with van der Waals surface area (Å²) >= 11 is 0. The molecule has 0 atom stereocenters. The van der Waals surface area contributed by atoms with Gasteiger partial charge in [0.15, 0.2) is 5.82 Å². The molecule has 126 valence electrons. The van der Waals surface area contributed by atoms with E-state index in [9.17, 15) is 9.59 Å². The van der Waals surface area contributed by atoms with Crippen LogP contribution in [0.5, 0.6) is 0 Å². The minimum Gasteiger partial charge on any atom is -0.385 e. The number of ether oxygens (including phenoxy) is 1. The fraction of sp³-hybridized carbons (Fsp3) is 0.688. The highest BCUT2D eigenvalue weighted by atomic mass is 16.5. The molecule has 0 radical (unpaired) electrons. The van der Waals surface area contributed by atoms with E-state index in [4.69, 9.17) is 4.74 Å². The standard InChI is InChI=1S/C16H24N4O3/c1-23-10-4-8-17-16(22)14-19-13(15(21)18-11-6-7-11)12-5-2-3-9-20(12)14/h11H,2-10H2,1H3,(H,17,22)(H,18,21). The lowest BCUT2D eigenvalue weighted by atomic mass is 10.1. The maximum absolute atomic E-state index is 12.4. The van der Waals surface area contributed by atoms with E-state index in [0.717, 1.165) is 50.8 Å². The van der Waals surface area contributed by atoms with Crippen LogP contribution in [0.4, 0.5) is 0 Å². The molecule has 2 aliphatic rings. The number of methoxy groups -OCH3 is 1. The van der Waals surface area contributed by atoms with Crippen molar-refractivity contribution in [3.63, 3.8) is 0 Å². The van der Waals surface area contributed by atoms with Crippen LogP contribution in [0.3, 0.4) is 0 Å². The van der Waals surface area contributed by atoms with Gasteiger partial charge in [-0.05, 0) is 38.5 Å². The van der Waals surface area contributed by atoms with E-state index < -0.39 is 0 Å². The first-order valence-electron chi connectivity index (χ1n) is 8.38. The van der Waals surface area contributed by atoms with E-state index in [0.29, 0.717) is 24.7 Å². The SMILES string of the molecule is COCCCNC(=O)c1nc(C(=O)NC2CC2)c2n1CCCC2. The van der Waals surface area contributed by atoms with Crippen molar-refractivity contribution in [3.05, 3.63) is 17.2 Å². The van der Waals surface area contributed by atoms with Gasteiger partial charge in [0, 0.05) is 32.8 Å². The molecule has 2 heterocycles. The smallest absolute Gasteiger partial charge is 0.287 e. The van der Waals surface area contributed by atoms with Crippen molar-refractivity contribution < 1.29 is 14.3 Å². The van der Waals surface area contributed by atoms with Crippen LogP contribution in [0.1, 0.15) is 58.9 Å². The first kappa shape index (κ1) is 16.0. The van der Waals surface area contributed by atoms with Crippen LogP contribution < -0.4 is 10.6 Å². The van der Waals surface area contributed by atoms with E-state index in [1.165, 1.54) is 0 Å². The van der Waals surface area contributed by atoms with Gasteiger partial charge in [-0.1, -0.05) is 0 Å². The Balaban J connectivity index is 1.75. The van der Waals surface area contributed by atoms with Gasteiger partial charge in [-0.25, -0.2) is 4.98 Å². The van der Waals surface area contributed by atoms with Crippen molar-refractivity contribution in [2.45, 2.75) is 51.1 Å². The van der Waals surface area contributed by atoms with Crippen LogP contribution in [-0.2, 0) is 17.7 Å². The molecule has 0 saturated heterocycles. The van der Waals surface area contributed by atoms with Crippen LogP contribution in [0, 0.1) is 0 Å². The number of aromatic nitrogens is 2. The molecule has 1 aliphatic heterocycles. The van der Waals surface area contributed by atoms with Crippen molar-refractivity contribution in [3.8, 4) is 0 Å². The number of amides is 2. The van der Waals surface area contributed by atoms with Crippen LogP contribution in [0.2, 0.25) is 0 Å². The lowest BCUT2D eigenvalue weighted by Gasteiger charge is -2.17. The third-order valence-electron chi connectivity index (χ3n) is 4.26. The van der Waals surface area contributed by atoms with Crippen molar-refractivity contribution >= 4 is 11.8 Å². The molecule has 0 spiro atoms. The van der Waals surface area contributed by atoms with E-state index in [1.54, 1.807) is 7.11 Å². The fourth-order valence-electron chi connectivity index (χ4n) is 2.88. The number of fused-ring (bicyclic) bond motifs is 1. The molecule has 2 amide bonds. The summed E-state index contributed by atoms with van der Waals surface area (Å²) in [5.74, 6) is 0.00405. The summed E-state index contributed by atoms with van der Waals surface area (Å²) in [7, 11) is 1.64. The second-order valence-corrected chi connectivity index (χ2v) is 6.19. The topological polar surface area (TPSA) is 85.2 Å². The Hall–Kier alpha value is -1.89. The first-order chi connectivity index (χ1) is 11.2. The average Bonchev–Trinajstić information content (AvgIpc) is 3.28. The monoisotopic (exact) mass is 320 g/mol. The molecule has 2 N–H and O–H groups in total. The summed E-state index contributed by atoms with van der Waals surface area (Å²) in [5.41, 5.74) is 1.33. The van der Waals surface area contributed by atoms with Crippen LogP contribution in [0.25, 0.3) is 0 Å². The highest BCUT2D eigenvalue weighted by Crippen LogP contribution is 2.23. The zero-order valence-corrected chi connectivity index (χ0v) is 13.6. The molecule has 1 aromatic heterocycles. The van der Waals surface area contributed by atoms with Gasteiger partial charge in [0.1, 0.15) is 5.69 Å². The second-order valence-electron chi connectivity index (χ2n) is 6.19. The summed E-state index contributed by atoms with van der Waals surface area (Å²) in [6.45, 7) is 1.90. The lowest BCUT2D eigenvalue weighted by Crippen LogP contribution is -2.29. The van der Waals surface area contributed by atoms with Crippen molar-refractivity contribution in [2.75, 3.05) is 20.3 Å². The third-order valence-corrected chi connectivity index (χ3v) is 4.26. The number of nitrogens with zero attached hydrogens (tertiary/aromatic N) is 2. The van der Waals surface area contributed by atoms with Crippen molar-refractivity contribution in [1.29, 1.82) is 0 Å². The van der Waals surface area contributed by atoms with Gasteiger partial charge in [-0.15, -0.1) is 0 Å². The minimum absolute atomic E-state index is 0.142. The number of rotatable bonds is 7. The quantitative estimate of drug-likeness (QED) is 0.730. The number of imidazole rings is 1. The van der Waals surface area contributed by atoms with E-state index >= 15 is 0 Å². The summed E-state index contributed by atoms with van der Waals surface area (Å²) in [4.78, 5) is 29.1. The van der Waals surface area contributed by atoms with Crippen LogP contribution in [-0.4, -0.2) is 47.7 Å². The van der Waals surface area contributed by atoms with Crippen LogP contribution >= 0.6 is 0 Å². The highest BCUT2D eigenvalue weighted by Gasteiger charge is 2.30. The summed E-state index contributed by atoms with van der Waals surface area (Å²) < 4.78 is 6.89. The minimum atomic E-state index is -0.213. The number of hydrogen-bond acceptors (Lipinski definition) is 4.